The summed E-state index contributed by atoms with van der Waals surface area (Å²) >= 11 is 11.8. The quantitative estimate of drug-likeness (QED) is 0.853. The summed E-state index contributed by atoms with van der Waals surface area (Å²) in [5.74, 6) is -0.456. The van der Waals surface area contributed by atoms with E-state index in [1.165, 1.54) is 7.11 Å². The molecule has 1 amide bonds. The van der Waals surface area contributed by atoms with Gasteiger partial charge < -0.3 is 10.1 Å². The maximum absolute atomic E-state index is 12.3. The molecular formula is C16H17Cl2NO3. The van der Waals surface area contributed by atoms with E-state index in [0.29, 0.717) is 15.6 Å². The van der Waals surface area contributed by atoms with Crippen molar-refractivity contribution >= 4 is 35.1 Å². The molecule has 4 nitrogen and oxygen atoms in total. The molecule has 1 N–H and O–H groups in total. The summed E-state index contributed by atoms with van der Waals surface area (Å²) in [6.45, 7) is 1.90. The number of carbonyl (C=O) groups excluding carboxylic acids is 2. The Hall–Kier alpha value is -1.26. The first-order valence-corrected chi connectivity index (χ1v) is 7.92. The van der Waals surface area contributed by atoms with Crippen LogP contribution in [0.3, 0.4) is 0 Å². The summed E-state index contributed by atoms with van der Waals surface area (Å²) in [6, 6.07) is 4.83. The topological polar surface area (TPSA) is 55.4 Å². The van der Waals surface area contributed by atoms with Crippen molar-refractivity contribution in [3.05, 3.63) is 33.8 Å². The first-order chi connectivity index (χ1) is 10.3. The van der Waals surface area contributed by atoms with Gasteiger partial charge >= 0.3 is 5.97 Å². The average molecular weight is 342 g/mol. The zero-order valence-electron chi connectivity index (χ0n) is 12.4. The number of ether oxygens (including phenoxy) is 1. The molecule has 0 radical (unpaired) electrons. The fourth-order valence-electron chi connectivity index (χ4n) is 3.84. The number of carbonyl (C=O) groups is 2. The Bertz CT molecular complexity index is 639. The molecule has 22 heavy (non-hydrogen) atoms. The summed E-state index contributed by atoms with van der Waals surface area (Å²) in [5.41, 5.74) is 0.318. The highest BCUT2D eigenvalue weighted by molar-refractivity contribution is 6.42. The molecule has 1 atom stereocenters. The minimum Gasteiger partial charge on any atom is -0.469 e. The smallest absolute Gasteiger partial charge is 0.308 e. The second-order valence-corrected chi connectivity index (χ2v) is 7.32. The molecule has 3 aliphatic carbocycles. The van der Waals surface area contributed by atoms with Gasteiger partial charge in [0.1, 0.15) is 0 Å². The molecule has 3 fully saturated rings. The van der Waals surface area contributed by atoms with Crippen molar-refractivity contribution in [3.8, 4) is 0 Å². The zero-order valence-corrected chi connectivity index (χ0v) is 13.9. The number of nitrogens with one attached hydrogen (secondary N) is 1. The lowest BCUT2D eigenvalue weighted by molar-refractivity contribution is -0.197. The number of hydrogen-bond acceptors (Lipinski definition) is 3. The van der Waals surface area contributed by atoms with Gasteiger partial charge in [-0.3, -0.25) is 9.59 Å². The van der Waals surface area contributed by atoms with Crippen molar-refractivity contribution in [2.24, 2.45) is 11.3 Å². The average Bonchev–Trinajstić information content (AvgIpc) is 2.42. The van der Waals surface area contributed by atoms with Gasteiger partial charge in [0.05, 0.1) is 23.1 Å². The molecule has 2 bridgehead atoms. The van der Waals surface area contributed by atoms with Crippen molar-refractivity contribution in [2.75, 3.05) is 7.11 Å². The van der Waals surface area contributed by atoms with E-state index < -0.39 is 0 Å². The lowest BCUT2D eigenvalue weighted by atomic mass is 9.36. The van der Waals surface area contributed by atoms with Crippen LogP contribution in [0.4, 0.5) is 0 Å². The summed E-state index contributed by atoms with van der Waals surface area (Å²) in [7, 11) is 1.41. The van der Waals surface area contributed by atoms with Crippen molar-refractivity contribution < 1.29 is 14.3 Å². The Labute approximate surface area is 139 Å². The Morgan fingerprint density at radius 1 is 1.23 bits per heavy atom. The van der Waals surface area contributed by atoms with Crippen molar-refractivity contribution in [3.63, 3.8) is 0 Å². The highest BCUT2D eigenvalue weighted by Gasteiger charge is 2.71. The molecule has 0 unspecified atom stereocenters. The van der Waals surface area contributed by atoms with Crippen molar-refractivity contribution in [1.82, 2.24) is 5.32 Å². The Balaban J connectivity index is 1.62. The first kappa shape index (κ1) is 15.6. The van der Waals surface area contributed by atoms with E-state index in [1.54, 1.807) is 18.2 Å². The van der Waals surface area contributed by atoms with Crippen LogP contribution in [0.5, 0.6) is 0 Å². The van der Waals surface area contributed by atoms with Crippen molar-refractivity contribution in [1.29, 1.82) is 0 Å². The Morgan fingerprint density at radius 3 is 2.41 bits per heavy atom. The van der Waals surface area contributed by atoms with E-state index in [-0.39, 0.29) is 28.7 Å². The summed E-state index contributed by atoms with van der Waals surface area (Å²) in [4.78, 5) is 24.0. The first-order valence-electron chi connectivity index (χ1n) is 7.16. The molecule has 4 rings (SSSR count). The highest BCUT2D eigenvalue weighted by atomic mass is 35.5. The lowest BCUT2D eigenvalue weighted by Crippen LogP contribution is -2.77. The van der Waals surface area contributed by atoms with Crippen LogP contribution >= 0.6 is 23.2 Å². The molecule has 3 saturated carbocycles. The van der Waals surface area contributed by atoms with Gasteiger partial charge in [-0.1, -0.05) is 30.1 Å². The molecule has 118 valence electrons. The predicted octanol–water partition coefficient (Wildman–Crippen LogP) is 3.46. The van der Waals surface area contributed by atoms with Gasteiger partial charge in [0.25, 0.3) is 5.91 Å². The van der Waals surface area contributed by atoms with Crippen LogP contribution in [0.25, 0.3) is 0 Å². The molecule has 3 aliphatic rings. The summed E-state index contributed by atoms with van der Waals surface area (Å²) in [5, 5.41) is 3.85. The number of hydrogen-bond donors (Lipinski definition) is 1. The minimum absolute atomic E-state index is 0.00197. The maximum Gasteiger partial charge on any atom is 0.308 e. The van der Waals surface area contributed by atoms with E-state index in [2.05, 4.69) is 5.32 Å². The van der Waals surface area contributed by atoms with Crippen LogP contribution < -0.4 is 5.32 Å². The van der Waals surface area contributed by atoms with Crippen LogP contribution in [-0.4, -0.2) is 24.5 Å². The molecule has 0 aromatic heterocycles. The SMILES string of the molecule is COC(=O)[C@H](C)C12CC(NC(=O)c3ccc(Cl)c(Cl)c3)(C1)C2. The largest absolute Gasteiger partial charge is 0.469 e. The molecule has 1 aromatic carbocycles. The molecular weight excluding hydrogens is 325 g/mol. The van der Waals surface area contributed by atoms with Gasteiger partial charge in [0.2, 0.25) is 0 Å². The van der Waals surface area contributed by atoms with Gasteiger partial charge in [0.15, 0.2) is 0 Å². The van der Waals surface area contributed by atoms with Crippen LogP contribution in [0.1, 0.15) is 36.5 Å². The normalized spacial score (nSPS) is 29.8. The number of halogens is 2. The van der Waals surface area contributed by atoms with Gasteiger partial charge in [-0.25, -0.2) is 0 Å². The number of esters is 1. The van der Waals surface area contributed by atoms with Crippen LogP contribution in [0.2, 0.25) is 10.0 Å². The number of amides is 1. The van der Waals surface area contributed by atoms with Gasteiger partial charge in [-0.05, 0) is 42.9 Å². The van der Waals surface area contributed by atoms with Gasteiger partial charge in [0, 0.05) is 11.1 Å². The summed E-state index contributed by atoms with van der Waals surface area (Å²) < 4.78 is 4.81. The van der Waals surface area contributed by atoms with Crippen LogP contribution in [0, 0.1) is 11.3 Å². The van der Waals surface area contributed by atoms with E-state index in [0.717, 1.165) is 19.3 Å². The standard InChI is InChI=1S/C16H17Cl2NO3/c1-9(14(21)22-2)15-6-16(7-15,8-15)19-13(20)10-3-4-11(17)12(18)5-10/h3-5,9H,6-8H2,1-2H3,(H,19,20)/t9-,15?,16?/m0/s1. The summed E-state index contributed by atoms with van der Waals surface area (Å²) in [6.07, 6.45) is 2.47. The predicted molar refractivity (Wildman–Crippen MR) is 84.1 cm³/mol. The van der Waals surface area contributed by atoms with E-state index in [4.69, 9.17) is 27.9 Å². The third-order valence-corrected chi connectivity index (χ3v) is 5.84. The Morgan fingerprint density at radius 2 is 1.86 bits per heavy atom. The molecule has 0 saturated heterocycles. The molecule has 0 heterocycles. The number of rotatable bonds is 4. The monoisotopic (exact) mass is 341 g/mol. The van der Waals surface area contributed by atoms with E-state index in [1.807, 2.05) is 6.92 Å². The fourth-order valence-corrected chi connectivity index (χ4v) is 4.13. The third kappa shape index (κ3) is 2.29. The second kappa shape index (κ2) is 5.14. The highest BCUT2D eigenvalue weighted by Crippen LogP contribution is 2.70. The molecule has 1 aromatic rings. The lowest BCUT2D eigenvalue weighted by Gasteiger charge is -2.72. The fraction of sp³-hybridized carbons (Fsp3) is 0.500. The molecule has 6 heteroatoms. The number of methoxy groups -OCH3 is 1. The van der Waals surface area contributed by atoms with E-state index >= 15 is 0 Å². The van der Waals surface area contributed by atoms with Crippen LogP contribution in [-0.2, 0) is 9.53 Å². The van der Waals surface area contributed by atoms with Gasteiger partial charge in [-0.2, -0.15) is 0 Å². The number of benzene rings is 1. The van der Waals surface area contributed by atoms with E-state index in [9.17, 15) is 9.59 Å². The minimum atomic E-state index is -0.177. The Kier molecular flexibility index (Phi) is 3.65. The third-order valence-electron chi connectivity index (χ3n) is 5.11. The maximum atomic E-state index is 12.3. The second-order valence-electron chi connectivity index (χ2n) is 6.50. The van der Waals surface area contributed by atoms with Crippen molar-refractivity contribution in [2.45, 2.75) is 31.7 Å². The van der Waals surface area contributed by atoms with Crippen LogP contribution in [0.15, 0.2) is 18.2 Å². The molecule has 0 spiro atoms. The molecule has 0 aliphatic heterocycles. The van der Waals surface area contributed by atoms with Gasteiger partial charge in [-0.15, -0.1) is 0 Å². The zero-order chi connectivity index (χ0) is 16.1.